The van der Waals surface area contributed by atoms with Gasteiger partial charge in [-0.3, -0.25) is 0 Å². The lowest BCUT2D eigenvalue weighted by Gasteiger charge is -2.24. The third-order valence-electron chi connectivity index (χ3n) is 6.76. The first-order valence-electron chi connectivity index (χ1n) is 12.5. The van der Waals surface area contributed by atoms with Crippen molar-refractivity contribution >= 4 is 23.8 Å². The van der Waals surface area contributed by atoms with Gasteiger partial charge in [0.1, 0.15) is 6.54 Å². The van der Waals surface area contributed by atoms with Crippen LogP contribution in [-0.2, 0) is 31.9 Å². The number of nitrogens with two attached hydrogens (primary N) is 1. The molecule has 0 saturated heterocycles. The van der Waals surface area contributed by atoms with Gasteiger partial charge in [-0.05, 0) is 36.4 Å². The predicted molar refractivity (Wildman–Crippen MR) is 138 cm³/mol. The zero-order valence-electron chi connectivity index (χ0n) is 21.0. The Morgan fingerprint density at radius 1 is 0.921 bits per heavy atom. The topological polar surface area (TPSA) is 112 Å². The van der Waals surface area contributed by atoms with Crippen molar-refractivity contribution in [3.63, 3.8) is 0 Å². The average Bonchev–Trinajstić information content (AvgIpc) is 3.42. The second-order valence-electron chi connectivity index (χ2n) is 9.18. The lowest BCUT2D eigenvalue weighted by molar-refractivity contribution is -1.16. The number of urea groups is 1. The molecule has 0 saturated carbocycles. The van der Waals surface area contributed by atoms with Crippen molar-refractivity contribution in [1.82, 2.24) is 5.32 Å². The first-order valence-corrected chi connectivity index (χ1v) is 13.3. The van der Waals surface area contributed by atoms with Gasteiger partial charge in [-0.1, -0.05) is 9.13 Å². The molecule has 0 bridgehead atoms. The maximum atomic E-state index is 12.0. The molecular formula is C26H33N6O5S+3. The van der Waals surface area contributed by atoms with Crippen LogP contribution in [0.15, 0.2) is 78.0 Å². The Labute approximate surface area is 225 Å². The minimum absolute atomic E-state index is 0.232. The van der Waals surface area contributed by atoms with Crippen LogP contribution >= 0.6 is 12.0 Å². The molecule has 0 spiro atoms. The highest BCUT2D eigenvalue weighted by Crippen LogP contribution is 2.33. The first kappa shape index (κ1) is 26.5. The largest absolute Gasteiger partial charge is 0.484 e. The number of rotatable bonds is 13. The molecule has 4 N–H and O–H groups in total. The highest BCUT2D eigenvalue weighted by molar-refractivity contribution is 7.94. The van der Waals surface area contributed by atoms with E-state index >= 15 is 0 Å². The summed E-state index contributed by atoms with van der Waals surface area (Å²) in [5.41, 5.74) is 3.35. The van der Waals surface area contributed by atoms with E-state index in [0.29, 0.717) is 38.7 Å². The molecular weight excluding hydrogens is 508 g/mol. The molecule has 4 heterocycles. The number of amides is 2. The summed E-state index contributed by atoms with van der Waals surface area (Å²) in [4.78, 5) is 16.9. The third kappa shape index (κ3) is 6.13. The number of carbonyl (C=O) groups excluding carboxylic acids is 1. The molecule has 0 atom stereocenters. The van der Waals surface area contributed by atoms with E-state index in [-0.39, 0.29) is 12.3 Å². The Morgan fingerprint density at radius 3 is 2.24 bits per heavy atom. The van der Waals surface area contributed by atoms with Crippen LogP contribution in [0.4, 0.5) is 10.5 Å². The van der Waals surface area contributed by atoms with Gasteiger partial charge in [-0.25, -0.2) is 4.79 Å². The molecule has 12 heteroatoms. The van der Waals surface area contributed by atoms with Crippen LogP contribution in [0.5, 0.6) is 0 Å². The van der Waals surface area contributed by atoms with E-state index in [1.54, 1.807) is 24.3 Å². The number of benzene rings is 1. The molecule has 2 aliphatic heterocycles. The maximum absolute atomic E-state index is 12.0. The highest BCUT2D eigenvalue weighted by atomic mass is 32.2. The molecule has 2 aromatic heterocycles. The fourth-order valence-corrected chi connectivity index (χ4v) is 5.50. The van der Waals surface area contributed by atoms with E-state index in [4.69, 9.17) is 15.4 Å². The first-order chi connectivity index (χ1) is 18.7. The summed E-state index contributed by atoms with van der Waals surface area (Å²) in [5.74, 6) is 4.81. The summed E-state index contributed by atoms with van der Waals surface area (Å²) in [5, 5.41) is 5.53. The smallest absolute Gasteiger partial charge is 0.377 e. The summed E-state index contributed by atoms with van der Waals surface area (Å²) < 4.78 is 21.9. The van der Waals surface area contributed by atoms with Gasteiger partial charge in [0.05, 0.1) is 38.5 Å². The molecule has 0 aliphatic carbocycles. The predicted octanol–water partition coefficient (Wildman–Crippen LogP) is 1.79. The number of pyridine rings is 2. The Kier molecular flexibility index (Phi) is 8.81. The van der Waals surface area contributed by atoms with E-state index in [2.05, 4.69) is 77.9 Å². The van der Waals surface area contributed by atoms with Gasteiger partial charge >= 0.3 is 12.3 Å². The molecule has 3 aromatic rings. The Hall–Kier alpha value is -3.10. The van der Waals surface area contributed by atoms with Gasteiger partial charge in [0.2, 0.25) is 11.4 Å². The van der Waals surface area contributed by atoms with Gasteiger partial charge < -0.3 is 20.1 Å². The van der Waals surface area contributed by atoms with Gasteiger partial charge in [-0.2, -0.15) is 10.4 Å². The molecule has 0 fully saturated rings. The highest BCUT2D eigenvalue weighted by Gasteiger charge is 2.64. The Morgan fingerprint density at radius 2 is 1.58 bits per heavy atom. The molecule has 0 radical (unpaired) electrons. The van der Waals surface area contributed by atoms with E-state index in [9.17, 15) is 4.79 Å². The van der Waals surface area contributed by atoms with Crippen molar-refractivity contribution in [2.75, 3.05) is 44.8 Å². The number of aromatic nitrogens is 2. The number of hydrogen-bond acceptors (Lipinski definition) is 7. The maximum Gasteiger partial charge on any atom is 0.484 e. The van der Waals surface area contributed by atoms with E-state index in [1.165, 1.54) is 11.4 Å². The van der Waals surface area contributed by atoms with Crippen LogP contribution in [0, 0.1) is 0 Å². The van der Waals surface area contributed by atoms with Gasteiger partial charge in [0.15, 0.2) is 25.5 Å². The number of nitrogens with one attached hydrogen (secondary N) is 2. The Bertz CT molecular complexity index is 1180. The van der Waals surface area contributed by atoms with Crippen molar-refractivity contribution < 1.29 is 37.2 Å². The number of anilines is 1. The fourth-order valence-electron chi connectivity index (χ4n) is 5.13. The minimum atomic E-state index is -0.302. The van der Waals surface area contributed by atoms with E-state index < -0.39 is 0 Å². The summed E-state index contributed by atoms with van der Waals surface area (Å²) in [6.45, 7) is 5.35. The number of quaternary nitrogens is 1. The van der Waals surface area contributed by atoms with E-state index in [1.807, 2.05) is 0 Å². The average molecular weight is 542 g/mol. The number of nitrogens with zero attached hydrogens (tertiary/aromatic N) is 3. The van der Waals surface area contributed by atoms with E-state index in [0.717, 1.165) is 41.1 Å². The zero-order chi connectivity index (χ0) is 26.2. The second-order valence-corrected chi connectivity index (χ2v) is 9.96. The molecule has 11 nitrogen and oxygen atoms in total. The standard InChI is InChI=1S/C26H32N6O5S/c27-36-37-38-24-9-7-21(8-10-24)29-25(33)28-11-15-34-17-18-35-16-14-32-19-22-5-1-3-12-30(22)26(32)31-13-4-2-6-23(31)20-32/h1-10,12-13,26H,11,14-20,27H2,(H-,28,29,33)/q+2/p+1. The Balaban J connectivity index is 0.974. The number of hydrogen-bond donors (Lipinski definition) is 3. The molecule has 0 unspecified atom stereocenters. The summed E-state index contributed by atoms with van der Waals surface area (Å²) >= 11 is 0.974. The van der Waals surface area contributed by atoms with Gasteiger partial charge in [0.25, 0.3) is 0 Å². The minimum Gasteiger partial charge on any atom is -0.377 e. The SMILES string of the molecule is NOOSc1ccc(NC(=O)NCCOCCOCC[N+]23Cc4cccc[n+]4C2[n+]2ccccc2C3)cc1. The van der Waals surface area contributed by atoms with Crippen molar-refractivity contribution in [3.05, 3.63) is 84.4 Å². The number of ether oxygens (including phenoxy) is 2. The van der Waals surface area contributed by atoms with Crippen molar-refractivity contribution in [3.8, 4) is 0 Å². The monoisotopic (exact) mass is 541 g/mol. The zero-order valence-corrected chi connectivity index (χ0v) is 21.8. The third-order valence-corrected chi connectivity index (χ3v) is 7.38. The molecule has 200 valence electrons. The van der Waals surface area contributed by atoms with Crippen LogP contribution in [0.25, 0.3) is 0 Å². The summed E-state index contributed by atoms with van der Waals surface area (Å²) in [6.07, 6.45) is 4.60. The lowest BCUT2D eigenvalue weighted by atomic mass is 10.3. The quantitative estimate of drug-likeness (QED) is 0.0756. The van der Waals surface area contributed by atoms with Crippen LogP contribution in [0.1, 0.15) is 17.7 Å². The summed E-state index contributed by atoms with van der Waals surface area (Å²) in [7, 11) is 0. The normalized spacial score (nSPS) is 19.0. The number of carbonyl (C=O) groups is 1. The van der Waals surface area contributed by atoms with Crippen molar-refractivity contribution in [2.45, 2.75) is 24.3 Å². The van der Waals surface area contributed by atoms with Crippen LogP contribution < -0.4 is 25.7 Å². The molecule has 2 aliphatic rings. The van der Waals surface area contributed by atoms with Crippen LogP contribution in [-0.4, -0.2) is 50.0 Å². The fraction of sp³-hybridized carbons (Fsp3) is 0.346. The van der Waals surface area contributed by atoms with Crippen LogP contribution in [0.2, 0.25) is 0 Å². The van der Waals surface area contributed by atoms with Gasteiger partial charge in [0, 0.05) is 41.4 Å². The summed E-state index contributed by atoms with van der Waals surface area (Å²) in [6, 6.07) is 19.6. The second kappa shape index (κ2) is 12.6. The van der Waals surface area contributed by atoms with Crippen molar-refractivity contribution in [1.29, 1.82) is 0 Å². The molecule has 2 amide bonds. The lowest BCUT2D eigenvalue weighted by Crippen LogP contribution is -2.62. The molecule has 38 heavy (non-hydrogen) atoms. The van der Waals surface area contributed by atoms with Crippen LogP contribution in [0.3, 0.4) is 0 Å². The van der Waals surface area contributed by atoms with Gasteiger partial charge in [-0.15, -0.1) is 9.32 Å². The number of fused-ring (bicyclic) bond motifs is 5. The van der Waals surface area contributed by atoms with Crippen molar-refractivity contribution in [2.24, 2.45) is 5.90 Å². The molecule has 5 rings (SSSR count). The molecule has 1 aromatic carbocycles.